The maximum atomic E-state index is 11.8. The molecule has 2 N–H and O–H groups in total. The molecule has 0 aliphatic carbocycles. The number of hydrogen-bond donors (Lipinski definition) is 2. The first-order valence-corrected chi connectivity index (χ1v) is 7.56. The third-order valence-electron chi connectivity index (χ3n) is 2.87. The van der Waals surface area contributed by atoms with Crippen LogP contribution in [-0.2, 0) is 11.2 Å². The molecule has 0 unspecified atom stereocenters. The van der Waals surface area contributed by atoms with Crippen molar-refractivity contribution in [2.45, 2.75) is 52.4 Å². The fourth-order valence-electron chi connectivity index (χ4n) is 1.77. The van der Waals surface area contributed by atoms with Crippen LogP contribution in [0.4, 0.5) is 5.00 Å². The van der Waals surface area contributed by atoms with Crippen LogP contribution in [-0.4, -0.2) is 17.0 Å². The topological polar surface area (TPSA) is 66.4 Å². The van der Waals surface area contributed by atoms with Gasteiger partial charge in [-0.25, -0.2) is 4.79 Å². The van der Waals surface area contributed by atoms with Crippen LogP contribution in [0.5, 0.6) is 0 Å². The summed E-state index contributed by atoms with van der Waals surface area (Å²) >= 11 is 1.35. The normalized spacial score (nSPS) is 10.4. The van der Waals surface area contributed by atoms with Gasteiger partial charge in [0.1, 0.15) is 5.00 Å². The van der Waals surface area contributed by atoms with Gasteiger partial charge in [-0.05, 0) is 18.9 Å². The lowest BCUT2D eigenvalue weighted by Crippen LogP contribution is -2.12. The quantitative estimate of drug-likeness (QED) is 0.711. The number of carbonyl (C=O) groups excluding carboxylic acids is 1. The molecule has 1 rings (SSSR count). The summed E-state index contributed by atoms with van der Waals surface area (Å²) in [7, 11) is 0. The molecule has 106 valence electrons. The molecule has 1 aromatic rings. The van der Waals surface area contributed by atoms with Gasteiger partial charge in [-0.15, -0.1) is 11.3 Å². The van der Waals surface area contributed by atoms with E-state index in [2.05, 4.69) is 12.2 Å². The van der Waals surface area contributed by atoms with E-state index in [0.29, 0.717) is 11.4 Å². The maximum absolute atomic E-state index is 11.8. The van der Waals surface area contributed by atoms with E-state index >= 15 is 0 Å². The van der Waals surface area contributed by atoms with Crippen LogP contribution < -0.4 is 5.32 Å². The second-order valence-electron chi connectivity index (χ2n) is 4.47. The highest BCUT2D eigenvalue weighted by Gasteiger charge is 2.16. The zero-order chi connectivity index (χ0) is 14.3. The maximum Gasteiger partial charge on any atom is 0.338 e. The molecule has 0 saturated carbocycles. The number of aromatic carboxylic acids is 1. The van der Waals surface area contributed by atoms with Crippen molar-refractivity contribution in [2.75, 3.05) is 5.32 Å². The van der Waals surface area contributed by atoms with Crippen molar-refractivity contribution >= 4 is 28.2 Å². The van der Waals surface area contributed by atoms with Crippen LogP contribution in [0.3, 0.4) is 0 Å². The molecule has 1 amide bonds. The van der Waals surface area contributed by atoms with Crippen LogP contribution in [0.1, 0.15) is 61.2 Å². The molecular weight excluding hydrogens is 262 g/mol. The highest BCUT2D eigenvalue weighted by Crippen LogP contribution is 2.28. The van der Waals surface area contributed by atoms with Crippen molar-refractivity contribution in [3.05, 3.63) is 16.5 Å². The number of rotatable bonds is 8. The molecule has 1 heterocycles. The Bertz CT molecular complexity index is 440. The van der Waals surface area contributed by atoms with E-state index in [1.165, 1.54) is 11.3 Å². The predicted molar refractivity (Wildman–Crippen MR) is 78.0 cm³/mol. The fourth-order valence-corrected chi connectivity index (χ4v) is 2.77. The third-order valence-corrected chi connectivity index (χ3v) is 4.07. The first-order valence-electron chi connectivity index (χ1n) is 6.74. The molecule has 0 radical (unpaired) electrons. The SMILES string of the molecule is CCCCCCC(=O)Nc1sc(CC)cc1C(=O)O. The minimum atomic E-state index is -0.989. The predicted octanol–water partition coefficient (Wildman–Crippen LogP) is 3.92. The number of unbranched alkanes of at least 4 members (excludes halogenated alkanes) is 3. The van der Waals surface area contributed by atoms with E-state index in [-0.39, 0.29) is 11.5 Å². The molecule has 0 saturated heterocycles. The Morgan fingerprint density at radius 2 is 2.00 bits per heavy atom. The summed E-state index contributed by atoms with van der Waals surface area (Å²) in [5.41, 5.74) is 0.198. The van der Waals surface area contributed by atoms with Crippen molar-refractivity contribution < 1.29 is 14.7 Å². The first kappa shape index (κ1) is 15.7. The van der Waals surface area contributed by atoms with Crippen LogP contribution in [0, 0.1) is 0 Å². The molecule has 0 aliphatic rings. The summed E-state index contributed by atoms with van der Waals surface area (Å²) in [6, 6.07) is 1.64. The summed E-state index contributed by atoms with van der Waals surface area (Å²) in [6.07, 6.45) is 5.40. The number of anilines is 1. The number of carboxylic acid groups (broad SMARTS) is 1. The zero-order valence-corrected chi connectivity index (χ0v) is 12.3. The van der Waals surface area contributed by atoms with Crippen molar-refractivity contribution in [1.29, 1.82) is 0 Å². The minimum absolute atomic E-state index is 0.0943. The van der Waals surface area contributed by atoms with Crippen LogP contribution in [0.25, 0.3) is 0 Å². The summed E-state index contributed by atoms with van der Waals surface area (Å²) in [6.45, 7) is 4.09. The largest absolute Gasteiger partial charge is 0.478 e. The molecule has 0 aromatic carbocycles. The molecule has 5 heteroatoms. The number of nitrogens with one attached hydrogen (secondary N) is 1. The van der Waals surface area contributed by atoms with Gasteiger partial charge in [-0.1, -0.05) is 33.1 Å². The van der Waals surface area contributed by atoms with Gasteiger partial charge in [0.15, 0.2) is 0 Å². The number of carbonyl (C=O) groups is 2. The smallest absolute Gasteiger partial charge is 0.338 e. The molecule has 0 bridgehead atoms. The minimum Gasteiger partial charge on any atom is -0.478 e. The number of aryl methyl sites for hydroxylation is 1. The third kappa shape index (κ3) is 5.03. The second-order valence-corrected chi connectivity index (χ2v) is 5.61. The van der Waals surface area contributed by atoms with Crippen LogP contribution in [0.15, 0.2) is 6.07 Å². The average Bonchev–Trinajstić information content (AvgIpc) is 2.78. The summed E-state index contributed by atoms with van der Waals surface area (Å²) in [4.78, 5) is 23.8. The zero-order valence-electron chi connectivity index (χ0n) is 11.5. The van der Waals surface area contributed by atoms with E-state index in [1.807, 2.05) is 6.92 Å². The van der Waals surface area contributed by atoms with Crippen molar-refractivity contribution in [3.8, 4) is 0 Å². The van der Waals surface area contributed by atoms with E-state index < -0.39 is 5.97 Å². The number of carboxylic acids is 1. The van der Waals surface area contributed by atoms with E-state index in [9.17, 15) is 9.59 Å². The van der Waals surface area contributed by atoms with E-state index in [0.717, 1.165) is 37.0 Å². The van der Waals surface area contributed by atoms with Gasteiger partial charge in [0, 0.05) is 11.3 Å². The van der Waals surface area contributed by atoms with Crippen molar-refractivity contribution in [2.24, 2.45) is 0 Å². The molecular formula is C14H21NO3S. The summed E-state index contributed by atoms with van der Waals surface area (Å²) < 4.78 is 0. The molecule has 1 aromatic heterocycles. The van der Waals surface area contributed by atoms with Gasteiger partial charge in [0.05, 0.1) is 5.56 Å². The van der Waals surface area contributed by atoms with Crippen LogP contribution >= 0.6 is 11.3 Å². The lowest BCUT2D eigenvalue weighted by atomic mass is 10.1. The first-order chi connectivity index (χ1) is 9.08. The van der Waals surface area contributed by atoms with Gasteiger partial charge in [-0.3, -0.25) is 4.79 Å². The molecule has 0 spiro atoms. The molecule has 0 aliphatic heterocycles. The van der Waals surface area contributed by atoms with E-state index in [4.69, 9.17) is 5.11 Å². The van der Waals surface area contributed by atoms with Gasteiger partial charge in [-0.2, -0.15) is 0 Å². The fraction of sp³-hybridized carbons (Fsp3) is 0.571. The lowest BCUT2D eigenvalue weighted by molar-refractivity contribution is -0.116. The molecule has 19 heavy (non-hydrogen) atoms. The monoisotopic (exact) mass is 283 g/mol. The number of amides is 1. The summed E-state index contributed by atoms with van der Waals surface area (Å²) in [5.74, 6) is -1.08. The molecule has 4 nitrogen and oxygen atoms in total. The Morgan fingerprint density at radius 3 is 2.58 bits per heavy atom. The lowest BCUT2D eigenvalue weighted by Gasteiger charge is -2.03. The highest BCUT2D eigenvalue weighted by atomic mass is 32.1. The summed E-state index contributed by atoms with van der Waals surface area (Å²) in [5, 5.41) is 12.3. The van der Waals surface area contributed by atoms with Gasteiger partial charge in [0.25, 0.3) is 0 Å². The van der Waals surface area contributed by atoms with Crippen LogP contribution in [0.2, 0.25) is 0 Å². The van der Waals surface area contributed by atoms with Gasteiger partial charge in [0.2, 0.25) is 5.91 Å². The van der Waals surface area contributed by atoms with Gasteiger partial charge >= 0.3 is 5.97 Å². The molecule has 0 fully saturated rings. The van der Waals surface area contributed by atoms with Crippen molar-refractivity contribution in [1.82, 2.24) is 0 Å². The Balaban J connectivity index is 2.58. The highest BCUT2D eigenvalue weighted by molar-refractivity contribution is 7.16. The Morgan fingerprint density at radius 1 is 1.26 bits per heavy atom. The Labute approximate surface area is 117 Å². The van der Waals surface area contributed by atoms with Crippen molar-refractivity contribution in [3.63, 3.8) is 0 Å². The average molecular weight is 283 g/mol. The Kier molecular flexibility index (Phi) is 6.56. The van der Waals surface area contributed by atoms with Gasteiger partial charge < -0.3 is 10.4 Å². The second kappa shape index (κ2) is 7.94. The molecule has 0 atom stereocenters. The van der Waals surface area contributed by atoms with E-state index in [1.54, 1.807) is 6.07 Å². The standard InChI is InChI=1S/C14H21NO3S/c1-3-5-6-7-8-12(16)15-13-11(14(17)18)9-10(4-2)19-13/h9H,3-8H2,1-2H3,(H,15,16)(H,17,18). The number of hydrogen-bond acceptors (Lipinski definition) is 3. The number of thiophene rings is 1. The Hall–Kier alpha value is -1.36.